The summed E-state index contributed by atoms with van der Waals surface area (Å²) < 4.78 is 4.78. The van der Waals surface area contributed by atoms with Crippen LogP contribution in [0.2, 0.25) is 5.02 Å². The molecule has 0 aromatic carbocycles. The number of esters is 1. The Bertz CT molecular complexity index is 410. The van der Waals surface area contributed by atoms with Crippen LogP contribution in [0, 0.1) is 0 Å². The second-order valence-electron chi connectivity index (χ2n) is 3.05. The van der Waals surface area contributed by atoms with Gasteiger partial charge in [0.05, 0.1) is 17.8 Å². The van der Waals surface area contributed by atoms with Gasteiger partial charge in [0.15, 0.2) is 0 Å². The quantitative estimate of drug-likeness (QED) is 0.545. The average molecular weight is 278 g/mol. The van der Waals surface area contributed by atoms with Crippen molar-refractivity contribution in [3.05, 3.63) is 16.9 Å². The first kappa shape index (κ1) is 13.9. The Morgan fingerprint density at radius 3 is 2.88 bits per heavy atom. The Balaban J connectivity index is 2.66. The highest BCUT2D eigenvalue weighted by molar-refractivity contribution is 7.80. The molecule has 17 heavy (non-hydrogen) atoms. The lowest BCUT2D eigenvalue weighted by Crippen LogP contribution is -2.43. The lowest BCUT2D eigenvalue weighted by Gasteiger charge is -2.14. The van der Waals surface area contributed by atoms with E-state index in [0.29, 0.717) is 0 Å². The van der Waals surface area contributed by atoms with Crippen LogP contribution in [-0.2, 0) is 9.53 Å². The molecule has 8 heteroatoms. The summed E-state index contributed by atoms with van der Waals surface area (Å²) in [5.74, 6) is -0.929. The van der Waals surface area contributed by atoms with Crippen molar-refractivity contribution in [2.75, 3.05) is 12.4 Å². The van der Waals surface area contributed by atoms with Crippen LogP contribution < -0.4 is 5.32 Å². The number of amides is 1. The molecule has 0 saturated carbocycles. The average Bonchev–Trinajstić information content (AvgIpc) is 2.72. The molecule has 0 fully saturated rings. The zero-order valence-corrected chi connectivity index (χ0v) is 10.7. The van der Waals surface area contributed by atoms with Gasteiger partial charge < -0.3 is 10.1 Å². The van der Waals surface area contributed by atoms with Gasteiger partial charge in [-0.1, -0.05) is 11.6 Å². The number of thiol groups is 1. The standard InChI is InChI=1S/C9H12ClN3O3S/c1-2-16-9(15)6(4-17)12-8(14)7-5(10)3-11-13-7/h3,6,17H,2,4H2,1H3,(H,11,13)(H,12,14)/t6-/m0/s1. The van der Waals surface area contributed by atoms with E-state index < -0.39 is 17.9 Å². The van der Waals surface area contributed by atoms with Crippen LogP contribution in [0.25, 0.3) is 0 Å². The summed E-state index contributed by atoms with van der Waals surface area (Å²) in [6.45, 7) is 1.92. The van der Waals surface area contributed by atoms with Gasteiger partial charge in [-0.2, -0.15) is 17.7 Å². The predicted octanol–water partition coefficient (Wildman–Crippen LogP) is 0.654. The monoisotopic (exact) mass is 277 g/mol. The largest absolute Gasteiger partial charge is 0.464 e. The summed E-state index contributed by atoms with van der Waals surface area (Å²) in [7, 11) is 0. The van der Waals surface area contributed by atoms with Crippen LogP contribution in [-0.4, -0.2) is 40.5 Å². The molecule has 0 aliphatic rings. The Kier molecular flexibility index (Phi) is 5.30. The molecule has 2 N–H and O–H groups in total. The van der Waals surface area contributed by atoms with Crippen LogP contribution in [0.3, 0.4) is 0 Å². The van der Waals surface area contributed by atoms with E-state index in [4.69, 9.17) is 16.3 Å². The zero-order valence-electron chi connectivity index (χ0n) is 9.07. The molecule has 0 unspecified atom stereocenters. The molecule has 0 radical (unpaired) electrons. The van der Waals surface area contributed by atoms with Gasteiger partial charge in [-0.15, -0.1) is 0 Å². The minimum Gasteiger partial charge on any atom is -0.464 e. The van der Waals surface area contributed by atoms with E-state index in [0.717, 1.165) is 0 Å². The van der Waals surface area contributed by atoms with E-state index in [9.17, 15) is 9.59 Å². The Labute approximate surface area is 108 Å². The summed E-state index contributed by atoms with van der Waals surface area (Å²) >= 11 is 9.68. The lowest BCUT2D eigenvalue weighted by molar-refractivity contribution is -0.144. The maximum atomic E-state index is 11.7. The van der Waals surface area contributed by atoms with Gasteiger partial charge in [0.1, 0.15) is 11.7 Å². The summed E-state index contributed by atoms with van der Waals surface area (Å²) in [5, 5.41) is 8.67. The Hall–Kier alpha value is -1.21. The van der Waals surface area contributed by atoms with Gasteiger partial charge >= 0.3 is 5.97 Å². The summed E-state index contributed by atoms with van der Waals surface area (Å²) in [4.78, 5) is 23.1. The first-order valence-electron chi connectivity index (χ1n) is 4.87. The fourth-order valence-corrected chi connectivity index (χ4v) is 1.50. The van der Waals surface area contributed by atoms with Crippen LogP contribution in [0.15, 0.2) is 6.20 Å². The minimum absolute atomic E-state index is 0.0998. The van der Waals surface area contributed by atoms with Crippen molar-refractivity contribution in [1.29, 1.82) is 0 Å². The molecule has 0 aliphatic heterocycles. The van der Waals surface area contributed by atoms with Crippen LogP contribution in [0.4, 0.5) is 0 Å². The number of hydrogen-bond acceptors (Lipinski definition) is 5. The van der Waals surface area contributed by atoms with Crippen molar-refractivity contribution in [1.82, 2.24) is 15.5 Å². The van der Waals surface area contributed by atoms with Crippen LogP contribution >= 0.6 is 24.2 Å². The van der Waals surface area contributed by atoms with Gasteiger partial charge in [-0.25, -0.2) is 4.79 Å². The Morgan fingerprint density at radius 1 is 1.71 bits per heavy atom. The number of rotatable bonds is 5. The summed E-state index contributed by atoms with van der Waals surface area (Å²) in [6.07, 6.45) is 1.30. The van der Waals surface area contributed by atoms with E-state index in [-0.39, 0.29) is 23.1 Å². The van der Waals surface area contributed by atoms with Crippen LogP contribution in [0.1, 0.15) is 17.4 Å². The summed E-state index contributed by atoms with van der Waals surface area (Å²) in [5.41, 5.74) is 0.0998. The molecule has 94 valence electrons. The molecule has 1 aromatic rings. The highest BCUT2D eigenvalue weighted by Crippen LogP contribution is 2.11. The second kappa shape index (κ2) is 6.51. The number of aromatic amines is 1. The normalized spacial score (nSPS) is 11.9. The number of carbonyl (C=O) groups is 2. The van der Waals surface area contributed by atoms with Crippen molar-refractivity contribution in [3.8, 4) is 0 Å². The van der Waals surface area contributed by atoms with Crippen LogP contribution in [0.5, 0.6) is 0 Å². The maximum Gasteiger partial charge on any atom is 0.329 e. The third-order valence-electron chi connectivity index (χ3n) is 1.88. The van der Waals surface area contributed by atoms with E-state index in [1.54, 1.807) is 6.92 Å². The maximum absolute atomic E-state index is 11.7. The van der Waals surface area contributed by atoms with Gasteiger partial charge in [0.25, 0.3) is 5.91 Å². The molecule has 0 spiro atoms. The SMILES string of the molecule is CCOC(=O)[C@H](CS)NC(=O)c1[nH]ncc1Cl. The van der Waals surface area contributed by atoms with Crippen molar-refractivity contribution >= 4 is 36.1 Å². The number of H-pyrrole nitrogens is 1. The number of nitrogens with zero attached hydrogens (tertiary/aromatic N) is 1. The topological polar surface area (TPSA) is 84.1 Å². The molecule has 1 heterocycles. The van der Waals surface area contributed by atoms with Crippen molar-refractivity contribution in [3.63, 3.8) is 0 Å². The van der Waals surface area contributed by atoms with Gasteiger partial charge in [0.2, 0.25) is 0 Å². The molecule has 1 rings (SSSR count). The number of hydrogen-bond donors (Lipinski definition) is 3. The zero-order chi connectivity index (χ0) is 12.8. The highest BCUT2D eigenvalue weighted by atomic mass is 35.5. The van der Waals surface area contributed by atoms with Crippen molar-refractivity contribution in [2.24, 2.45) is 0 Å². The smallest absolute Gasteiger partial charge is 0.329 e. The van der Waals surface area contributed by atoms with Crippen molar-refractivity contribution in [2.45, 2.75) is 13.0 Å². The first-order valence-corrected chi connectivity index (χ1v) is 5.88. The third-order valence-corrected chi connectivity index (χ3v) is 2.53. The minimum atomic E-state index is -0.815. The fourth-order valence-electron chi connectivity index (χ4n) is 1.08. The third kappa shape index (κ3) is 3.64. The van der Waals surface area contributed by atoms with E-state index >= 15 is 0 Å². The lowest BCUT2D eigenvalue weighted by atomic mass is 10.3. The van der Waals surface area contributed by atoms with E-state index in [1.165, 1.54) is 6.20 Å². The van der Waals surface area contributed by atoms with E-state index in [2.05, 4.69) is 28.1 Å². The molecule has 0 bridgehead atoms. The highest BCUT2D eigenvalue weighted by Gasteiger charge is 2.22. The van der Waals surface area contributed by atoms with Gasteiger partial charge in [-0.3, -0.25) is 9.89 Å². The van der Waals surface area contributed by atoms with Gasteiger partial charge in [-0.05, 0) is 6.92 Å². The van der Waals surface area contributed by atoms with E-state index in [1.807, 2.05) is 0 Å². The molecular weight excluding hydrogens is 266 g/mol. The number of nitrogens with one attached hydrogen (secondary N) is 2. The number of halogens is 1. The predicted molar refractivity (Wildman–Crippen MR) is 65.3 cm³/mol. The molecule has 1 atom stereocenters. The molecular formula is C9H12ClN3O3S. The molecule has 6 nitrogen and oxygen atoms in total. The van der Waals surface area contributed by atoms with Crippen molar-refractivity contribution < 1.29 is 14.3 Å². The van der Waals surface area contributed by atoms with Gasteiger partial charge in [0, 0.05) is 5.75 Å². The fraction of sp³-hybridized carbons (Fsp3) is 0.444. The molecule has 0 aliphatic carbocycles. The molecule has 0 saturated heterocycles. The number of carbonyl (C=O) groups excluding carboxylic acids is 2. The Morgan fingerprint density at radius 2 is 2.41 bits per heavy atom. The molecule has 1 amide bonds. The second-order valence-corrected chi connectivity index (χ2v) is 3.83. The molecule has 1 aromatic heterocycles. The summed E-state index contributed by atoms with van der Waals surface area (Å²) in [6, 6.07) is -0.815. The number of ether oxygens (including phenoxy) is 1. The number of aromatic nitrogens is 2. The first-order chi connectivity index (χ1) is 8.10.